The van der Waals surface area contributed by atoms with E-state index in [-0.39, 0.29) is 0 Å². The highest BCUT2D eigenvalue weighted by Crippen LogP contribution is 2.20. The Bertz CT molecular complexity index is 1090. The molecule has 0 saturated heterocycles. The van der Waals surface area contributed by atoms with Crippen LogP contribution in [0.25, 0.3) is 22.0 Å². The van der Waals surface area contributed by atoms with Crippen LogP contribution in [0, 0.1) is 0 Å². The quantitative estimate of drug-likeness (QED) is 0.345. The second-order valence-corrected chi connectivity index (χ2v) is 6.49. The number of H-pyrrole nitrogens is 1. The maximum absolute atomic E-state index is 4.35. The second kappa shape index (κ2) is 7.83. The maximum Gasteiger partial charge on any atom is 0.0671 e. The molecule has 0 amide bonds. The smallest absolute Gasteiger partial charge is 0.0671 e. The molecule has 0 unspecified atom stereocenters. The van der Waals surface area contributed by atoms with Crippen molar-refractivity contribution in [3.05, 3.63) is 96.2 Å². The molecule has 0 aliphatic heterocycles. The zero-order valence-corrected chi connectivity index (χ0v) is 15.3. The van der Waals surface area contributed by atoms with Crippen LogP contribution in [0.5, 0.6) is 0 Å². The SMILES string of the molecule is C/C(=N\N=C\Cc1c[nH]c2ccccc12)c1ccc(-c2ccccc2)cc1. The minimum Gasteiger partial charge on any atom is -0.361 e. The summed E-state index contributed by atoms with van der Waals surface area (Å²) >= 11 is 0. The molecule has 0 aliphatic rings. The Morgan fingerprint density at radius 3 is 2.37 bits per heavy atom. The lowest BCUT2D eigenvalue weighted by Crippen LogP contribution is -1.94. The largest absolute Gasteiger partial charge is 0.361 e. The number of benzene rings is 3. The van der Waals surface area contributed by atoms with E-state index in [1.54, 1.807) is 0 Å². The number of nitrogens with one attached hydrogen (secondary N) is 1. The van der Waals surface area contributed by atoms with Crippen molar-refractivity contribution in [3.8, 4) is 11.1 Å². The summed E-state index contributed by atoms with van der Waals surface area (Å²) in [5, 5.41) is 9.85. The molecule has 3 aromatic carbocycles. The van der Waals surface area contributed by atoms with E-state index in [1.807, 2.05) is 31.5 Å². The number of hydrogen-bond donors (Lipinski definition) is 1. The fourth-order valence-corrected chi connectivity index (χ4v) is 3.16. The molecule has 0 fully saturated rings. The van der Waals surface area contributed by atoms with E-state index in [0.29, 0.717) is 0 Å². The average Bonchev–Trinajstić information content (AvgIpc) is 3.15. The third-order valence-corrected chi connectivity index (χ3v) is 4.69. The minimum atomic E-state index is 0.758. The van der Waals surface area contributed by atoms with Crippen LogP contribution in [-0.4, -0.2) is 16.9 Å². The van der Waals surface area contributed by atoms with Gasteiger partial charge >= 0.3 is 0 Å². The molecule has 1 heterocycles. The van der Waals surface area contributed by atoms with Crippen LogP contribution in [0.1, 0.15) is 18.1 Å². The molecule has 3 nitrogen and oxygen atoms in total. The Hall–Kier alpha value is -3.46. The van der Waals surface area contributed by atoms with Gasteiger partial charge in [-0.3, -0.25) is 0 Å². The summed E-state index contributed by atoms with van der Waals surface area (Å²) in [4.78, 5) is 3.28. The van der Waals surface area contributed by atoms with Crippen LogP contribution < -0.4 is 0 Å². The monoisotopic (exact) mass is 351 g/mol. The number of nitrogens with zero attached hydrogens (tertiary/aromatic N) is 2. The summed E-state index contributed by atoms with van der Waals surface area (Å²) in [6.45, 7) is 1.99. The molecule has 3 heteroatoms. The third-order valence-electron chi connectivity index (χ3n) is 4.69. The molecule has 0 saturated carbocycles. The van der Waals surface area contributed by atoms with E-state index in [0.717, 1.165) is 23.2 Å². The zero-order valence-electron chi connectivity index (χ0n) is 15.3. The van der Waals surface area contributed by atoms with Crippen molar-refractivity contribution in [1.29, 1.82) is 0 Å². The van der Waals surface area contributed by atoms with E-state index in [9.17, 15) is 0 Å². The van der Waals surface area contributed by atoms with E-state index in [2.05, 4.69) is 81.9 Å². The summed E-state index contributed by atoms with van der Waals surface area (Å²) in [6, 6.07) is 27.1. The van der Waals surface area contributed by atoms with Crippen molar-refractivity contribution in [1.82, 2.24) is 4.98 Å². The lowest BCUT2D eigenvalue weighted by molar-refractivity contribution is 1.21. The van der Waals surface area contributed by atoms with Gasteiger partial charge in [0.25, 0.3) is 0 Å². The molecule has 4 aromatic rings. The fourth-order valence-electron chi connectivity index (χ4n) is 3.16. The van der Waals surface area contributed by atoms with Crippen LogP contribution in [-0.2, 0) is 6.42 Å². The molecule has 0 atom stereocenters. The van der Waals surface area contributed by atoms with Gasteiger partial charge in [0.15, 0.2) is 0 Å². The molecule has 4 rings (SSSR count). The van der Waals surface area contributed by atoms with Crippen LogP contribution in [0.15, 0.2) is 95.3 Å². The number of rotatable bonds is 5. The summed E-state index contributed by atoms with van der Waals surface area (Å²) in [6.07, 6.45) is 4.65. The number of fused-ring (bicyclic) bond motifs is 1. The highest BCUT2D eigenvalue weighted by molar-refractivity contribution is 5.99. The van der Waals surface area contributed by atoms with Gasteiger partial charge in [-0.05, 0) is 35.2 Å². The summed E-state index contributed by atoms with van der Waals surface area (Å²) < 4.78 is 0. The topological polar surface area (TPSA) is 40.5 Å². The molecule has 1 aromatic heterocycles. The van der Waals surface area contributed by atoms with Gasteiger partial charge in [0, 0.05) is 29.7 Å². The Labute approximate surface area is 159 Å². The van der Waals surface area contributed by atoms with Crippen LogP contribution in [0.3, 0.4) is 0 Å². The Morgan fingerprint density at radius 2 is 1.56 bits per heavy atom. The molecular formula is C24H21N3. The number of aromatic nitrogens is 1. The summed E-state index contributed by atoms with van der Waals surface area (Å²) in [7, 11) is 0. The molecule has 0 bridgehead atoms. The van der Waals surface area contributed by atoms with Gasteiger partial charge in [-0.15, -0.1) is 0 Å². The van der Waals surface area contributed by atoms with Crippen molar-refractivity contribution in [2.24, 2.45) is 10.2 Å². The van der Waals surface area contributed by atoms with Crippen LogP contribution in [0.2, 0.25) is 0 Å². The molecule has 0 spiro atoms. The Morgan fingerprint density at radius 1 is 0.852 bits per heavy atom. The minimum absolute atomic E-state index is 0.758. The highest BCUT2D eigenvalue weighted by Gasteiger charge is 2.01. The fraction of sp³-hybridized carbons (Fsp3) is 0.0833. The van der Waals surface area contributed by atoms with Gasteiger partial charge in [-0.1, -0.05) is 72.8 Å². The lowest BCUT2D eigenvalue weighted by Gasteiger charge is -2.03. The van der Waals surface area contributed by atoms with Gasteiger partial charge in [0.05, 0.1) is 5.71 Å². The van der Waals surface area contributed by atoms with Gasteiger partial charge in [0.1, 0.15) is 0 Å². The predicted molar refractivity (Wildman–Crippen MR) is 115 cm³/mol. The molecule has 1 N–H and O–H groups in total. The zero-order chi connectivity index (χ0) is 18.5. The van der Waals surface area contributed by atoms with E-state index < -0.39 is 0 Å². The van der Waals surface area contributed by atoms with Crippen molar-refractivity contribution in [2.75, 3.05) is 0 Å². The summed E-state index contributed by atoms with van der Waals surface area (Å²) in [5.41, 5.74) is 6.79. The molecule has 0 aliphatic carbocycles. The van der Waals surface area contributed by atoms with E-state index >= 15 is 0 Å². The highest BCUT2D eigenvalue weighted by atomic mass is 15.2. The van der Waals surface area contributed by atoms with Crippen molar-refractivity contribution >= 4 is 22.8 Å². The van der Waals surface area contributed by atoms with Crippen LogP contribution >= 0.6 is 0 Å². The molecule has 132 valence electrons. The normalized spacial score (nSPS) is 12.1. The van der Waals surface area contributed by atoms with Crippen molar-refractivity contribution < 1.29 is 0 Å². The Kier molecular flexibility index (Phi) is 4.93. The lowest BCUT2D eigenvalue weighted by atomic mass is 10.0. The van der Waals surface area contributed by atoms with Gasteiger partial charge in [-0.25, -0.2) is 0 Å². The molecule has 0 radical (unpaired) electrons. The van der Waals surface area contributed by atoms with Gasteiger partial charge in [-0.2, -0.15) is 10.2 Å². The van der Waals surface area contributed by atoms with Crippen molar-refractivity contribution in [3.63, 3.8) is 0 Å². The average molecular weight is 351 g/mol. The van der Waals surface area contributed by atoms with Gasteiger partial charge in [0.2, 0.25) is 0 Å². The third kappa shape index (κ3) is 3.87. The standard InChI is InChI=1S/C24H21N3/c1-18(19-11-13-21(14-12-19)20-7-3-2-4-8-20)27-26-16-15-22-17-25-24-10-6-5-9-23(22)24/h2-14,16-17,25H,15H2,1H3/b26-16+,27-18+. The first-order valence-corrected chi connectivity index (χ1v) is 9.08. The first kappa shape index (κ1) is 17.0. The first-order valence-electron chi connectivity index (χ1n) is 9.08. The van der Waals surface area contributed by atoms with E-state index in [4.69, 9.17) is 0 Å². The van der Waals surface area contributed by atoms with Crippen molar-refractivity contribution in [2.45, 2.75) is 13.3 Å². The van der Waals surface area contributed by atoms with E-state index in [1.165, 1.54) is 22.1 Å². The molecular weight excluding hydrogens is 330 g/mol. The predicted octanol–water partition coefficient (Wildman–Crippen LogP) is 5.87. The molecule has 27 heavy (non-hydrogen) atoms. The number of para-hydroxylation sites is 1. The maximum atomic E-state index is 4.35. The first-order chi connectivity index (χ1) is 13.3. The number of hydrogen-bond acceptors (Lipinski definition) is 2. The Balaban J connectivity index is 1.44. The summed E-state index contributed by atoms with van der Waals surface area (Å²) in [5.74, 6) is 0. The second-order valence-electron chi connectivity index (χ2n) is 6.49. The van der Waals surface area contributed by atoms with Gasteiger partial charge < -0.3 is 4.98 Å². The number of aromatic amines is 1. The van der Waals surface area contributed by atoms with Crippen LogP contribution in [0.4, 0.5) is 0 Å².